The number of amides is 1. The number of fused-ring (bicyclic) bond motifs is 1. The molecule has 1 saturated carbocycles. The molecule has 0 spiro atoms. The van der Waals surface area contributed by atoms with Crippen LogP contribution in [0.2, 0.25) is 0 Å². The van der Waals surface area contributed by atoms with E-state index in [4.69, 9.17) is 9.72 Å². The van der Waals surface area contributed by atoms with Crippen LogP contribution < -0.4 is 10.6 Å². The number of hydrogen-bond acceptors (Lipinski definition) is 5. The fraction of sp³-hybridized carbons (Fsp3) is 0.480. The summed E-state index contributed by atoms with van der Waals surface area (Å²) >= 11 is 0. The number of carbonyl (C=O) groups excluding carboxylic acids is 1. The van der Waals surface area contributed by atoms with Crippen molar-refractivity contribution in [2.45, 2.75) is 57.1 Å². The number of pyridine rings is 1. The van der Waals surface area contributed by atoms with E-state index in [-0.39, 0.29) is 24.7 Å². The molecule has 0 unspecified atom stereocenters. The Morgan fingerprint density at radius 2 is 2.06 bits per heavy atom. The molecular formula is C25H30FN3O4. The highest BCUT2D eigenvalue weighted by Gasteiger charge is 2.30. The van der Waals surface area contributed by atoms with Crippen LogP contribution in [0.15, 0.2) is 36.4 Å². The molecule has 2 aliphatic rings. The van der Waals surface area contributed by atoms with E-state index >= 15 is 0 Å². The van der Waals surface area contributed by atoms with E-state index < -0.39 is 23.7 Å². The van der Waals surface area contributed by atoms with Crippen LogP contribution in [-0.2, 0) is 22.4 Å². The summed E-state index contributed by atoms with van der Waals surface area (Å²) in [7, 11) is 0. The van der Waals surface area contributed by atoms with E-state index in [2.05, 4.69) is 22.8 Å². The third-order valence-corrected chi connectivity index (χ3v) is 6.43. The van der Waals surface area contributed by atoms with Gasteiger partial charge in [0.25, 0.3) is 5.91 Å². The molecule has 1 amide bonds. The standard InChI is InChI=1S/C25H30FN3O4/c26-21-6-2-1-5-20(21)24(30)29-22(25(31)32)11-13-33-19-14-16(15-19)7-9-18-10-8-17-4-3-12-27-23(17)28-18/h1-2,5-6,8,10,16,19,22H,3-4,7,9,11-15H2,(H,27,28)(H,29,30)(H,31,32)/t16?,19?,22-/m0/s1. The number of anilines is 1. The molecule has 1 atom stereocenters. The fourth-order valence-corrected chi connectivity index (χ4v) is 4.40. The Morgan fingerprint density at radius 1 is 1.24 bits per heavy atom. The van der Waals surface area contributed by atoms with Crippen LogP contribution in [0.25, 0.3) is 0 Å². The summed E-state index contributed by atoms with van der Waals surface area (Å²) in [6.45, 7) is 1.21. The lowest BCUT2D eigenvalue weighted by Gasteiger charge is -2.35. The molecule has 7 nitrogen and oxygen atoms in total. The molecule has 2 aromatic rings. The first kappa shape index (κ1) is 23.2. The zero-order chi connectivity index (χ0) is 23.2. The third kappa shape index (κ3) is 6.07. The third-order valence-electron chi connectivity index (χ3n) is 6.43. The quantitative estimate of drug-likeness (QED) is 0.506. The zero-order valence-electron chi connectivity index (χ0n) is 18.6. The first-order chi connectivity index (χ1) is 16.0. The van der Waals surface area contributed by atoms with Gasteiger partial charge in [0.2, 0.25) is 0 Å². The van der Waals surface area contributed by atoms with Crippen molar-refractivity contribution >= 4 is 17.7 Å². The van der Waals surface area contributed by atoms with Crippen molar-refractivity contribution in [1.82, 2.24) is 10.3 Å². The lowest BCUT2D eigenvalue weighted by molar-refractivity contribution is -0.140. The molecule has 176 valence electrons. The van der Waals surface area contributed by atoms with Crippen LogP contribution in [0.5, 0.6) is 0 Å². The molecule has 1 aromatic heterocycles. The molecule has 0 bridgehead atoms. The predicted molar refractivity (Wildman–Crippen MR) is 122 cm³/mol. The second-order valence-electron chi connectivity index (χ2n) is 8.84. The predicted octanol–water partition coefficient (Wildman–Crippen LogP) is 3.58. The maximum Gasteiger partial charge on any atom is 0.326 e. The first-order valence-corrected chi connectivity index (χ1v) is 11.6. The van der Waals surface area contributed by atoms with Crippen LogP contribution >= 0.6 is 0 Å². The summed E-state index contributed by atoms with van der Waals surface area (Å²) in [6.07, 6.45) is 6.38. The Labute approximate surface area is 192 Å². The van der Waals surface area contributed by atoms with Crippen molar-refractivity contribution in [3.63, 3.8) is 0 Å². The molecule has 1 aromatic carbocycles. The highest BCUT2D eigenvalue weighted by Crippen LogP contribution is 2.34. The van der Waals surface area contributed by atoms with Crippen LogP contribution in [0.4, 0.5) is 10.2 Å². The Kier molecular flexibility index (Phi) is 7.54. The molecule has 33 heavy (non-hydrogen) atoms. The van der Waals surface area contributed by atoms with Gasteiger partial charge in [-0.05, 0) is 68.2 Å². The van der Waals surface area contributed by atoms with Crippen LogP contribution in [-0.4, -0.2) is 47.3 Å². The average Bonchev–Trinajstić information content (AvgIpc) is 2.79. The average molecular weight is 456 g/mol. The second-order valence-corrected chi connectivity index (χ2v) is 8.84. The highest BCUT2D eigenvalue weighted by atomic mass is 19.1. The van der Waals surface area contributed by atoms with Gasteiger partial charge < -0.3 is 20.5 Å². The van der Waals surface area contributed by atoms with E-state index in [0.717, 1.165) is 56.6 Å². The molecule has 8 heteroatoms. The van der Waals surface area contributed by atoms with E-state index in [1.54, 1.807) is 0 Å². The van der Waals surface area contributed by atoms with Gasteiger partial charge in [-0.25, -0.2) is 14.2 Å². The molecule has 4 rings (SSSR count). The number of aliphatic carboxylic acids is 1. The number of ether oxygens (including phenoxy) is 1. The normalized spacial score (nSPS) is 20.2. The van der Waals surface area contributed by atoms with Gasteiger partial charge in [-0.15, -0.1) is 0 Å². The molecule has 1 aliphatic heterocycles. The van der Waals surface area contributed by atoms with Gasteiger partial charge in [-0.1, -0.05) is 18.2 Å². The van der Waals surface area contributed by atoms with E-state index in [1.807, 2.05) is 0 Å². The summed E-state index contributed by atoms with van der Waals surface area (Å²) in [5.74, 6) is -0.977. The maximum atomic E-state index is 13.7. The smallest absolute Gasteiger partial charge is 0.326 e. The number of carboxylic acids is 1. The van der Waals surface area contributed by atoms with E-state index in [0.29, 0.717) is 5.92 Å². The minimum Gasteiger partial charge on any atom is -0.480 e. The van der Waals surface area contributed by atoms with E-state index in [9.17, 15) is 19.1 Å². The van der Waals surface area contributed by atoms with Crippen molar-refractivity contribution in [3.05, 3.63) is 59.0 Å². The number of nitrogens with one attached hydrogen (secondary N) is 2. The lowest BCUT2D eigenvalue weighted by Crippen LogP contribution is -2.42. The number of hydrogen-bond donors (Lipinski definition) is 3. The van der Waals surface area contributed by atoms with Gasteiger partial charge in [0.15, 0.2) is 0 Å². The van der Waals surface area contributed by atoms with Crippen molar-refractivity contribution in [2.24, 2.45) is 5.92 Å². The topological polar surface area (TPSA) is 101 Å². The van der Waals surface area contributed by atoms with Gasteiger partial charge in [0, 0.05) is 25.3 Å². The highest BCUT2D eigenvalue weighted by molar-refractivity contribution is 5.96. The van der Waals surface area contributed by atoms with Crippen LogP contribution in [0.3, 0.4) is 0 Å². The number of halogens is 1. The van der Waals surface area contributed by atoms with Gasteiger partial charge >= 0.3 is 5.97 Å². The minimum absolute atomic E-state index is 0.116. The van der Waals surface area contributed by atoms with Gasteiger partial charge in [-0.3, -0.25) is 4.79 Å². The number of carbonyl (C=O) groups is 2. The summed E-state index contributed by atoms with van der Waals surface area (Å²) < 4.78 is 19.6. The van der Waals surface area contributed by atoms with Crippen molar-refractivity contribution < 1.29 is 23.8 Å². The second kappa shape index (κ2) is 10.7. The molecule has 0 saturated heterocycles. The monoisotopic (exact) mass is 455 g/mol. The Bertz CT molecular complexity index is 993. The van der Waals surface area contributed by atoms with Crippen LogP contribution in [0.1, 0.15) is 53.7 Å². The Morgan fingerprint density at radius 3 is 2.85 bits per heavy atom. The number of rotatable bonds is 10. The first-order valence-electron chi connectivity index (χ1n) is 11.6. The molecule has 3 N–H and O–H groups in total. The van der Waals surface area contributed by atoms with Crippen molar-refractivity contribution in [3.8, 4) is 0 Å². The fourth-order valence-electron chi connectivity index (χ4n) is 4.40. The number of carboxylic acid groups (broad SMARTS) is 1. The van der Waals surface area contributed by atoms with E-state index in [1.165, 1.54) is 29.8 Å². The maximum absolute atomic E-state index is 13.7. The zero-order valence-corrected chi connectivity index (χ0v) is 18.6. The number of nitrogens with zero attached hydrogens (tertiary/aromatic N) is 1. The summed E-state index contributed by atoms with van der Waals surface area (Å²) in [5.41, 5.74) is 2.24. The largest absolute Gasteiger partial charge is 0.480 e. The summed E-state index contributed by atoms with van der Waals surface area (Å²) in [6, 6.07) is 8.67. The number of aryl methyl sites for hydroxylation is 2. The lowest BCUT2D eigenvalue weighted by atomic mass is 9.79. The SMILES string of the molecule is O=C(N[C@@H](CCOC1CC(CCc2ccc3c(n2)NCCC3)C1)C(=O)O)c1ccccc1F. The molecule has 1 fully saturated rings. The van der Waals surface area contributed by atoms with Crippen molar-refractivity contribution in [2.75, 3.05) is 18.5 Å². The summed E-state index contributed by atoms with van der Waals surface area (Å²) in [4.78, 5) is 28.4. The minimum atomic E-state index is -1.16. The molecule has 0 radical (unpaired) electrons. The van der Waals surface area contributed by atoms with Gasteiger partial charge in [-0.2, -0.15) is 0 Å². The van der Waals surface area contributed by atoms with Gasteiger partial charge in [0.05, 0.1) is 11.7 Å². The van der Waals surface area contributed by atoms with Crippen LogP contribution in [0, 0.1) is 11.7 Å². The van der Waals surface area contributed by atoms with Crippen molar-refractivity contribution in [1.29, 1.82) is 0 Å². The Hall–Kier alpha value is -3.00. The molecular weight excluding hydrogens is 425 g/mol. The number of benzene rings is 1. The Balaban J connectivity index is 1.15. The molecule has 2 heterocycles. The number of aromatic nitrogens is 1. The summed E-state index contributed by atoms with van der Waals surface area (Å²) in [5, 5.41) is 15.1. The molecule has 1 aliphatic carbocycles. The van der Waals surface area contributed by atoms with Gasteiger partial charge in [0.1, 0.15) is 17.7 Å².